The van der Waals surface area contributed by atoms with Crippen molar-refractivity contribution in [2.24, 2.45) is 5.92 Å². The summed E-state index contributed by atoms with van der Waals surface area (Å²) in [4.78, 5) is 26.4. The molecule has 0 amide bonds. The van der Waals surface area contributed by atoms with Gasteiger partial charge in [-0.05, 0) is 56.2 Å². The van der Waals surface area contributed by atoms with Gasteiger partial charge in [0, 0.05) is 29.3 Å². The van der Waals surface area contributed by atoms with E-state index in [9.17, 15) is 14.7 Å². The minimum atomic E-state index is -0.770. The second-order valence-electron chi connectivity index (χ2n) is 8.53. The van der Waals surface area contributed by atoms with E-state index in [-0.39, 0.29) is 34.4 Å². The van der Waals surface area contributed by atoms with Crippen LogP contribution in [0.25, 0.3) is 0 Å². The normalized spacial score (nSPS) is 24.5. The largest absolute Gasteiger partial charge is 0.503 e. The van der Waals surface area contributed by atoms with E-state index in [1.54, 1.807) is 12.1 Å². The van der Waals surface area contributed by atoms with Crippen molar-refractivity contribution in [3.8, 4) is 11.5 Å². The lowest BCUT2D eigenvalue weighted by Gasteiger charge is -2.39. The Balaban J connectivity index is 1.78. The van der Waals surface area contributed by atoms with Crippen molar-refractivity contribution >= 4 is 23.4 Å². The number of rotatable bonds is 4. The number of ether oxygens (including phenoxy) is 2. The number of benzene rings is 1. The Kier molecular flexibility index (Phi) is 6.28. The predicted octanol–water partition coefficient (Wildman–Crippen LogP) is 4.75. The molecule has 7 heteroatoms. The van der Waals surface area contributed by atoms with Crippen LogP contribution in [0.15, 0.2) is 35.7 Å². The number of allylic oxidation sites excluding steroid dienone is 2. The number of carbonyl (C=O) groups is 2. The molecule has 2 atom stereocenters. The molecule has 2 unspecified atom stereocenters. The van der Waals surface area contributed by atoms with Gasteiger partial charge in [0.2, 0.25) is 0 Å². The number of carbonyl (C=O) groups excluding carboxylic acids is 2. The summed E-state index contributed by atoms with van der Waals surface area (Å²) < 4.78 is 11.2. The molecule has 4 rings (SSSR count). The van der Waals surface area contributed by atoms with Gasteiger partial charge in [-0.1, -0.05) is 24.6 Å². The molecule has 166 valence electrons. The summed E-state index contributed by atoms with van der Waals surface area (Å²) in [5.41, 5.74) is 2.52. The van der Waals surface area contributed by atoms with Gasteiger partial charge in [0.15, 0.2) is 17.3 Å². The van der Waals surface area contributed by atoms with E-state index < -0.39 is 11.8 Å². The van der Waals surface area contributed by atoms with Crippen LogP contribution in [-0.2, 0) is 14.3 Å². The van der Waals surface area contributed by atoms with Gasteiger partial charge < -0.3 is 19.9 Å². The number of nitrogens with one attached hydrogen (secondary N) is 1. The molecule has 0 saturated heterocycles. The third-order valence-electron chi connectivity index (χ3n) is 6.51. The summed E-state index contributed by atoms with van der Waals surface area (Å²) in [6.07, 6.45) is 6.75. The lowest BCUT2D eigenvalue weighted by Crippen LogP contribution is -2.42. The number of phenolic OH excluding ortho intramolecular Hbond substituents is 1. The number of aromatic hydroxyl groups is 1. The Morgan fingerprint density at radius 3 is 2.65 bits per heavy atom. The number of halogens is 1. The first kappa shape index (κ1) is 21.8. The van der Waals surface area contributed by atoms with E-state index in [2.05, 4.69) is 11.9 Å². The lowest BCUT2D eigenvalue weighted by molar-refractivity contribution is -0.155. The molecule has 1 aromatic rings. The first-order valence-electron chi connectivity index (χ1n) is 10.9. The van der Waals surface area contributed by atoms with Crippen LogP contribution in [-0.4, -0.2) is 30.1 Å². The van der Waals surface area contributed by atoms with Gasteiger partial charge in [-0.3, -0.25) is 9.59 Å². The van der Waals surface area contributed by atoms with Crippen LogP contribution < -0.4 is 10.1 Å². The zero-order valence-electron chi connectivity index (χ0n) is 17.7. The second-order valence-corrected chi connectivity index (χ2v) is 8.93. The molecule has 31 heavy (non-hydrogen) atoms. The monoisotopic (exact) mass is 445 g/mol. The predicted molar refractivity (Wildman–Crippen MR) is 117 cm³/mol. The number of esters is 1. The van der Waals surface area contributed by atoms with E-state index in [4.69, 9.17) is 21.1 Å². The Hall–Kier alpha value is -2.47. The highest BCUT2D eigenvalue weighted by Crippen LogP contribution is 2.47. The Bertz CT molecular complexity index is 948. The van der Waals surface area contributed by atoms with Crippen molar-refractivity contribution < 1.29 is 24.2 Å². The molecule has 1 aliphatic heterocycles. The molecule has 0 bridgehead atoms. The fourth-order valence-corrected chi connectivity index (χ4v) is 5.20. The van der Waals surface area contributed by atoms with Crippen LogP contribution in [0.5, 0.6) is 11.5 Å². The average molecular weight is 446 g/mol. The number of hydrogen-bond donors (Lipinski definition) is 2. The smallest absolute Gasteiger partial charge is 0.316 e. The summed E-state index contributed by atoms with van der Waals surface area (Å²) in [7, 11) is 1.43. The third kappa shape index (κ3) is 4.18. The standard InChI is InChI=1S/C24H28ClNO5/c1-13-20(24(29)31-15-7-4-3-5-8-15)21(22-17(26-13)9-6-10-18(22)27)14-11-16(25)23(28)19(12-14)30-2/h11-12,15,20-21,26,28H,1,3-10H2,2H3. The Labute approximate surface area is 187 Å². The molecule has 2 N–H and O–H groups in total. The van der Waals surface area contributed by atoms with E-state index in [0.717, 1.165) is 44.2 Å². The Morgan fingerprint density at radius 2 is 1.94 bits per heavy atom. The van der Waals surface area contributed by atoms with E-state index in [1.165, 1.54) is 7.11 Å². The molecule has 1 fully saturated rings. The van der Waals surface area contributed by atoms with Gasteiger partial charge in [-0.15, -0.1) is 0 Å². The van der Waals surface area contributed by atoms with Crippen molar-refractivity contribution in [3.05, 3.63) is 46.3 Å². The molecule has 1 aromatic carbocycles. The highest BCUT2D eigenvalue weighted by Gasteiger charge is 2.44. The molecule has 0 aromatic heterocycles. The van der Waals surface area contributed by atoms with Gasteiger partial charge in [0.25, 0.3) is 0 Å². The lowest BCUT2D eigenvalue weighted by atomic mass is 9.71. The number of ketones is 1. The third-order valence-corrected chi connectivity index (χ3v) is 6.79. The summed E-state index contributed by atoms with van der Waals surface area (Å²) in [6, 6.07) is 3.23. The van der Waals surface area contributed by atoms with E-state index in [1.807, 2.05) is 0 Å². The zero-order valence-corrected chi connectivity index (χ0v) is 18.5. The number of methoxy groups -OCH3 is 1. The summed E-state index contributed by atoms with van der Waals surface area (Å²) >= 11 is 6.26. The molecular weight excluding hydrogens is 418 g/mol. The second kappa shape index (κ2) is 8.95. The summed E-state index contributed by atoms with van der Waals surface area (Å²) in [5, 5.41) is 13.5. The molecule has 1 saturated carbocycles. The van der Waals surface area contributed by atoms with Crippen LogP contribution in [0.1, 0.15) is 62.8 Å². The zero-order chi connectivity index (χ0) is 22.1. The van der Waals surface area contributed by atoms with Crippen molar-refractivity contribution in [1.82, 2.24) is 5.32 Å². The van der Waals surface area contributed by atoms with Gasteiger partial charge >= 0.3 is 5.97 Å². The average Bonchev–Trinajstić information content (AvgIpc) is 2.75. The molecular formula is C24H28ClNO5. The number of phenols is 1. The maximum Gasteiger partial charge on any atom is 0.316 e. The SMILES string of the molecule is C=C1NC2=C(C(=O)CCC2)C(c2cc(Cl)c(O)c(OC)c2)C1C(=O)OC1CCCCC1. The fraction of sp³-hybridized carbons (Fsp3) is 0.500. The topological polar surface area (TPSA) is 84.9 Å². The van der Waals surface area contributed by atoms with Gasteiger partial charge in [0.05, 0.1) is 12.1 Å². The van der Waals surface area contributed by atoms with Crippen molar-refractivity contribution in [3.63, 3.8) is 0 Å². The van der Waals surface area contributed by atoms with Crippen LogP contribution in [0.2, 0.25) is 5.02 Å². The maximum absolute atomic E-state index is 13.4. The van der Waals surface area contributed by atoms with Crippen molar-refractivity contribution in [1.29, 1.82) is 0 Å². The van der Waals surface area contributed by atoms with Crippen LogP contribution in [0, 0.1) is 5.92 Å². The Morgan fingerprint density at radius 1 is 1.19 bits per heavy atom. The van der Waals surface area contributed by atoms with E-state index in [0.29, 0.717) is 29.7 Å². The molecule has 0 spiro atoms. The highest BCUT2D eigenvalue weighted by atomic mass is 35.5. The quantitative estimate of drug-likeness (QED) is 0.650. The molecule has 0 radical (unpaired) electrons. The van der Waals surface area contributed by atoms with Gasteiger partial charge in [-0.25, -0.2) is 0 Å². The number of hydrogen-bond acceptors (Lipinski definition) is 6. The molecule has 1 heterocycles. The van der Waals surface area contributed by atoms with Crippen molar-refractivity contribution in [2.45, 2.75) is 63.4 Å². The molecule has 3 aliphatic rings. The molecule has 6 nitrogen and oxygen atoms in total. The van der Waals surface area contributed by atoms with Crippen LogP contribution in [0.3, 0.4) is 0 Å². The van der Waals surface area contributed by atoms with Crippen molar-refractivity contribution in [2.75, 3.05) is 7.11 Å². The highest BCUT2D eigenvalue weighted by molar-refractivity contribution is 6.32. The first-order valence-corrected chi connectivity index (χ1v) is 11.3. The molecule has 2 aliphatic carbocycles. The van der Waals surface area contributed by atoms with Gasteiger partial charge in [0.1, 0.15) is 12.0 Å². The van der Waals surface area contributed by atoms with Gasteiger partial charge in [-0.2, -0.15) is 0 Å². The van der Waals surface area contributed by atoms with Crippen LogP contribution in [0.4, 0.5) is 0 Å². The fourth-order valence-electron chi connectivity index (χ4n) is 4.98. The minimum absolute atomic E-state index is 0.00452. The maximum atomic E-state index is 13.4. The summed E-state index contributed by atoms with van der Waals surface area (Å²) in [5.74, 6) is -1.73. The summed E-state index contributed by atoms with van der Waals surface area (Å²) in [6.45, 7) is 4.11. The first-order chi connectivity index (χ1) is 14.9. The number of Topliss-reactive ketones (excluding diaryl/α,β-unsaturated/α-hetero) is 1. The minimum Gasteiger partial charge on any atom is -0.503 e. The van der Waals surface area contributed by atoms with E-state index >= 15 is 0 Å². The van der Waals surface area contributed by atoms with Crippen LogP contribution >= 0.6 is 11.6 Å².